The zero-order valence-electron chi connectivity index (χ0n) is 20.4. The second-order valence-electron chi connectivity index (χ2n) is 8.82. The highest BCUT2D eigenvalue weighted by molar-refractivity contribution is 5.85. The molecule has 0 bridgehead atoms. The lowest BCUT2D eigenvalue weighted by Gasteiger charge is -2.25. The molecule has 0 saturated carbocycles. The number of ether oxygens (including phenoxy) is 2. The molecule has 0 radical (unpaired) electrons. The van der Waals surface area contributed by atoms with Crippen molar-refractivity contribution >= 4 is 18.0 Å². The highest BCUT2D eigenvalue weighted by Crippen LogP contribution is 2.22. The molecule has 180 valence electrons. The molecule has 0 spiro atoms. The van der Waals surface area contributed by atoms with E-state index in [-0.39, 0.29) is 11.9 Å². The molecule has 9 heteroatoms. The van der Waals surface area contributed by atoms with Crippen molar-refractivity contribution < 1.29 is 19.1 Å². The largest absolute Gasteiger partial charge is 0.491 e. The maximum atomic E-state index is 12.9. The van der Waals surface area contributed by atoms with Crippen molar-refractivity contribution in [3.8, 4) is 5.75 Å². The molecule has 1 rings (SSSR count). The SMILES string of the molecule is CN=C(N)NCCCC(NC(=O)OC(C)(C)C)C(=O)NC(C)COc1c(C)cccc1C. The summed E-state index contributed by atoms with van der Waals surface area (Å²) in [7, 11) is 1.59. The van der Waals surface area contributed by atoms with Crippen molar-refractivity contribution in [1.29, 1.82) is 0 Å². The van der Waals surface area contributed by atoms with Gasteiger partial charge in [-0.1, -0.05) is 18.2 Å². The molecule has 0 aliphatic carbocycles. The van der Waals surface area contributed by atoms with Crippen molar-refractivity contribution in [3.05, 3.63) is 29.3 Å². The van der Waals surface area contributed by atoms with E-state index in [2.05, 4.69) is 20.9 Å². The van der Waals surface area contributed by atoms with Crippen molar-refractivity contribution in [1.82, 2.24) is 16.0 Å². The van der Waals surface area contributed by atoms with Gasteiger partial charge in [-0.25, -0.2) is 4.79 Å². The summed E-state index contributed by atoms with van der Waals surface area (Å²) in [5.41, 5.74) is 7.04. The first-order chi connectivity index (χ1) is 14.9. The molecule has 1 aromatic carbocycles. The predicted molar refractivity (Wildman–Crippen MR) is 127 cm³/mol. The molecule has 1 aromatic rings. The average Bonchev–Trinajstić information content (AvgIpc) is 2.68. The number of carbonyl (C=O) groups excluding carboxylic acids is 2. The number of guanidine groups is 1. The normalized spacial score (nSPS) is 13.7. The lowest BCUT2D eigenvalue weighted by Crippen LogP contribution is -2.51. The molecular formula is C23H39N5O4. The summed E-state index contributed by atoms with van der Waals surface area (Å²) < 4.78 is 11.2. The van der Waals surface area contributed by atoms with E-state index in [1.807, 2.05) is 39.0 Å². The second-order valence-corrected chi connectivity index (χ2v) is 8.82. The van der Waals surface area contributed by atoms with E-state index in [1.54, 1.807) is 27.8 Å². The monoisotopic (exact) mass is 449 g/mol. The fraction of sp³-hybridized carbons (Fsp3) is 0.609. The van der Waals surface area contributed by atoms with E-state index in [0.29, 0.717) is 32.0 Å². The molecule has 0 aromatic heterocycles. The fourth-order valence-corrected chi connectivity index (χ4v) is 2.94. The fourth-order valence-electron chi connectivity index (χ4n) is 2.94. The Morgan fingerprint density at radius 3 is 2.34 bits per heavy atom. The van der Waals surface area contributed by atoms with E-state index in [0.717, 1.165) is 16.9 Å². The number of hydrogen-bond acceptors (Lipinski definition) is 5. The Balaban J connectivity index is 2.69. The molecule has 0 heterocycles. The molecule has 2 unspecified atom stereocenters. The Bertz CT molecular complexity index is 769. The van der Waals surface area contributed by atoms with Crippen LogP contribution in [0.2, 0.25) is 0 Å². The quantitative estimate of drug-likeness (QED) is 0.247. The molecule has 0 fully saturated rings. The van der Waals surface area contributed by atoms with Gasteiger partial charge in [0.05, 0.1) is 6.04 Å². The number of amides is 2. The second kappa shape index (κ2) is 12.8. The number of alkyl carbamates (subject to hydrolysis) is 1. The van der Waals surface area contributed by atoms with Gasteiger partial charge in [-0.2, -0.15) is 0 Å². The van der Waals surface area contributed by atoms with Crippen LogP contribution >= 0.6 is 0 Å². The smallest absolute Gasteiger partial charge is 0.408 e. The molecule has 0 saturated heterocycles. The molecule has 0 aliphatic heterocycles. The first-order valence-corrected chi connectivity index (χ1v) is 10.9. The summed E-state index contributed by atoms with van der Waals surface area (Å²) >= 11 is 0. The number of nitrogens with zero attached hydrogens (tertiary/aromatic N) is 1. The minimum absolute atomic E-state index is 0.259. The summed E-state index contributed by atoms with van der Waals surface area (Å²) in [6.45, 7) is 12.0. The molecular weight excluding hydrogens is 410 g/mol. The van der Waals surface area contributed by atoms with Gasteiger partial charge in [0.2, 0.25) is 5.91 Å². The van der Waals surface area contributed by atoms with Crippen LogP contribution in [0.5, 0.6) is 5.75 Å². The van der Waals surface area contributed by atoms with E-state index < -0.39 is 17.7 Å². The lowest BCUT2D eigenvalue weighted by atomic mass is 10.1. The van der Waals surface area contributed by atoms with E-state index in [9.17, 15) is 9.59 Å². The Labute approximate surface area is 191 Å². The molecule has 0 aliphatic rings. The van der Waals surface area contributed by atoms with E-state index in [4.69, 9.17) is 15.2 Å². The first kappa shape index (κ1) is 27.1. The van der Waals surface area contributed by atoms with Gasteiger partial charge in [0, 0.05) is 13.6 Å². The number of nitrogens with one attached hydrogen (secondary N) is 3. The minimum atomic E-state index is -0.755. The molecule has 2 amide bonds. The summed E-state index contributed by atoms with van der Waals surface area (Å²) in [6, 6.07) is 4.93. The van der Waals surface area contributed by atoms with Gasteiger partial charge in [-0.15, -0.1) is 0 Å². The number of carbonyl (C=O) groups is 2. The van der Waals surface area contributed by atoms with Crippen molar-refractivity contribution in [2.45, 2.75) is 72.1 Å². The van der Waals surface area contributed by atoms with Gasteiger partial charge >= 0.3 is 6.09 Å². The first-order valence-electron chi connectivity index (χ1n) is 10.9. The molecule has 2 atom stereocenters. The number of nitrogens with two attached hydrogens (primary N) is 1. The van der Waals surface area contributed by atoms with Gasteiger partial charge in [0.15, 0.2) is 5.96 Å². The van der Waals surface area contributed by atoms with E-state index in [1.165, 1.54) is 0 Å². The topological polar surface area (TPSA) is 127 Å². The van der Waals surface area contributed by atoms with Gasteiger partial charge in [0.25, 0.3) is 0 Å². The van der Waals surface area contributed by atoms with Gasteiger partial charge in [-0.05, 0) is 65.5 Å². The molecule has 32 heavy (non-hydrogen) atoms. The van der Waals surface area contributed by atoms with Crippen LogP contribution in [0.25, 0.3) is 0 Å². The number of aliphatic imine (C=N–C) groups is 1. The number of hydrogen-bond donors (Lipinski definition) is 4. The van der Waals surface area contributed by atoms with Crippen molar-refractivity contribution in [2.75, 3.05) is 20.2 Å². The van der Waals surface area contributed by atoms with Gasteiger partial charge in [0.1, 0.15) is 24.0 Å². The van der Waals surface area contributed by atoms with Crippen LogP contribution in [-0.4, -0.2) is 55.8 Å². The predicted octanol–water partition coefficient (Wildman–Crippen LogP) is 2.39. The standard InChI is InChI=1S/C23H39N5O4/c1-15-10-8-11-16(2)19(15)31-14-17(3)27-20(29)18(12-9-13-26-21(24)25-7)28-22(30)32-23(4,5)6/h8,10-11,17-18H,9,12-14H2,1-7H3,(H,27,29)(H,28,30)(H3,24,25,26). The summed E-state index contributed by atoms with van der Waals surface area (Å²) in [5, 5.41) is 8.52. The number of para-hydroxylation sites is 1. The third-order valence-corrected chi connectivity index (χ3v) is 4.50. The maximum absolute atomic E-state index is 12.9. The third-order valence-electron chi connectivity index (χ3n) is 4.50. The van der Waals surface area contributed by atoms with Crippen LogP contribution < -0.4 is 26.4 Å². The number of rotatable bonds is 10. The van der Waals surface area contributed by atoms with Crippen molar-refractivity contribution in [3.63, 3.8) is 0 Å². The van der Waals surface area contributed by atoms with E-state index >= 15 is 0 Å². The minimum Gasteiger partial charge on any atom is -0.491 e. The third kappa shape index (κ3) is 10.4. The zero-order valence-corrected chi connectivity index (χ0v) is 20.4. The highest BCUT2D eigenvalue weighted by Gasteiger charge is 2.25. The van der Waals surface area contributed by atoms with Crippen LogP contribution in [0.3, 0.4) is 0 Å². The van der Waals surface area contributed by atoms with Crippen LogP contribution in [0, 0.1) is 13.8 Å². The summed E-state index contributed by atoms with van der Waals surface area (Å²) in [6.07, 6.45) is 0.358. The summed E-state index contributed by atoms with van der Waals surface area (Å²) in [4.78, 5) is 28.9. The van der Waals surface area contributed by atoms with Crippen LogP contribution in [0.4, 0.5) is 4.79 Å². The summed E-state index contributed by atoms with van der Waals surface area (Å²) in [5.74, 6) is 0.840. The van der Waals surface area contributed by atoms with Crippen molar-refractivity contribution in [2.24, 2.45) is 10.7 Å². The molecule has 5 N–H and O–H groups in total. The Kier molecular flexibility index (Phi) is 10.8. The Hall–Kier alpha value is -2.97. The number of aryl methyl sites for hydroxylation is 2. The Morgan fingerprint density at radius 1 is 1.16 bits per heavy atom. The van der Waals surface area contributed by atoms with Crippen LogP contribution in [0.15, 0.2) is 23.2 Å². The highest BCUT2D eigenvalue weighted by atomic mass is 16.6. The number of benzene rings is 1. The molecule has 9 nitrogen and oxygen atoms in total. The van der Waals surface area contributed by atoms with Crippen LogP contribution in [0.1, 0.15) is 51.7 Å². The zero-order chi connectivity index (χ0) is 24.3. The maximum Gasteiger partial charge on any atom is 0.408 e. The average molecular weight is 450 g/mol. The van der Waals surface area contributed by atoms with Crippen LogP contribution in [-0.2, 0) is 9.53 Å². The lowest BCUT2D eigenvalue weighted by molar-refractivity contribution is -0.124. The Morgan fingerprint density at radius 2 is 1.78 bits per heavy atom. The van der Waals surface area contributed by atoms with Gasteiger partial charge in [-0.3, -0.25) is 9.79 Å². The van der Waals surface area contributed by atoms with Gasteiger partial charge < -0.3 is 31.2 Å².